The van der Waals surface area contributed by atoms with Gasteiger partial charge in [0.15, 0.2) is 0 Å². The number of phenols is 2. The van der Waals surface area contributed by atoms with E-state index in [9.17, 15) is 19.0 Å². The maximum Gasteiger partial charge on any atom is 1.00 e. The van der Waals surface area contributed by atoms with E-state index in [0.29, 0.717) is 0 Å². The van der Waals surface area contributed by atoms with Crippen molar-refractivity contribution in [2.45, 2.75) is 0 Å². The van der Waals surface area contributed by atoms with Crippen LogP contribution in [0, 0.1) is 11.6 Å². The Kier molecular flexibility index (Phi) is 17.1. The molecule has 0 aliphatic carbocycles. The van der Waals surface area contributed by atoms with Crippen LogP contribution in [0.3, 0.4) is 0 Å². The number of phenolic OH excluding ortho intramolecular Hbond substituents is 2. The molecule has 2 N–H and O–H groups in total. The van der Waals surface area contributed by atoms with Gasteiger partial charge in [0.05, 0.1) is 0 Å². The maximum absolute atomic E-state index is 13.9. The molecule has 8 aromatic rings. The summed E-state index contributed by atoms with van der Waals surface area (Å²) in [5.74, 6) is -1.57. The smallest absolute Gasteiger partial charge is 1.00 e. The molecule has 0 fully saturated rings. The standard InChI is InChI=1S/C18H12F2O2.C18H10O2.CH4NP.CH2O3.2K.H/c19-15-7-3-1-5-11(15)13-9-14(18(22)10-17(13)21)12-6-2-4-8-16(12)20;1-3-7-15-11(5-1)13-9-14-12-6-2-4-8-16(12)20-18(14)10-17(13)19-15;1-2-3;2-1-4-3;;;/h1-10,21-22H;1-10H;3H,1H3;1,3H;;;/q;;;;2*+1;-1/p-1. The van der Waals surface area contributed by atoms with Crippen molar-refractivity contribution in [3.8, 4) is 33.8 Å². The van der Waals surface area contributed by atoms with Crippen molar-refractivity contribution in [3.05, 3.63) is 133 Å². The number of aromatic hydroxyl groups is 2. The average Bonchev–Trinajstić information content (AvgIpc) is 3.66. The normalized spacial score (nSPS) is 9.96. The van der Waals surface area contributed by atoms with Crippen molar-refractivity contribution < 1.29 is 147 Å². The van der Waals surface area contributed by atoms with Gasteiger partial charge in [0.1, 0.15) is 45.5 Å². The topological polar surface area (TPSA) is 128 Å². The van der Waals surface area contributed by atoms with Crippen molar-refractivity contribution in [2.75, 3.05) is 7.05 Å². The van der Waals surface area contributed by atoms with Gasteiger partial charge in [0.25, 0.3) is 6.47 Å². The quantitative estimate of drug-likeness (QED) is 0.0926. The van der Waals surface area contributed by atoms with Crippen LogP contribution in [0.4, 0.5) is 8.78 Å². The van der Waals surface area contributed by atoms with Gasteiger partial charge in [0, 0.05) is 63.0 Å². The van der Waals surface area contributed by atoms with Gasteiger partial charge in [-0.25, -0.2) is 8.78 Å². The molecule has 0 bridgehead atoms. The van der Waals surface area contributed by atoms with Crippen LogP contribution in [-0.4, -0.2) is 23.7 Å². The van der Waals surface area contributed by atoms with Crippen LogP contribution >= 0.6 is 9.03 Å². The third-order valence-corrected chi connectivity index (χ3v) is 7.36. The Morgan fingerprint density at radius 3 is 1.39 bits per heavy atom. The number of para-hydroxylation sites is 2. The summed E-state index contributed by atoms with van der Waals surface area (Å²) in [7, 11) is 4.47. The first kappa shape index (κ1) is 42.6. The average molecular weight is 758 g/mol. The molecular weight excluding hydrogens is 730 g/mol. The number of carbonyl (C=O) groups is 1. The number of rotatable bonds is 3. The summed E-state index contributed by atoms with van der Waals surface area (Å²) in [6.45, 7) is -0.181. The molecule has 13 heteroatoms. The third-order valence-electron chi connectivity index (χ3n) is 7.36. The van der Waals surface area contributed by atoms with E-state index in [4.69, 9.17) is 18.9 Å². The van der Waals surface area contributed by atoms with E-state index in [2.05, 4.69) is 36.9 Å². The monoisotopic (exact) mass is 757 g/mol. The molecule has 6 aromatic carbocycles. The van der Waals surface area contributed by atoms with Gasteiger partial charge in [-0.2, -0.15) is 0 Å². The third kappa shape index (κ3) is 9.99. The molecule has 0 atom stereocenters. The number of nitrogens with zero attached hydrogens (tertiary/aromatic N) is 1. The zero-order chi connectivity index (χ0) is 34.9. The van der Waals surface area contributed by atoms with E-state index in [-0.39, 0.29) is 144 Å². The van der Waals surface area contributed by atoms with Gasteiger partial charge < -0.3 is 30.6 Å². The van der Waals surface area contributed by atoms with Crippen LogP contribution in [0.5, 0.6) is 11.5 Å². The summed E-state index contributed by atoms with van der Waals surface area (Å²) in [5.41, 5.74) is 4.31. The molecule has 0 saturated heterocycles. The Labute approximate surface area is 379 Å². The van der Waals surface area contributed by atoms with Crippen LogP contribution in [-0.2, 0) is 9.68 Å². The van der Waals surface area contributed by atoms with E-state index in [1.807, 2.05) is 42.5 Å². The van der Waals surface area contributed by atoms with E-state index in [1.165, 1.54) is 42.5 Å². The van der Waals surface area contributed by atoms with E-state index in [1.54, 1.807) is 19.2 Å². The second-order valence-electron chi connectivity index (χ2n) is 10.3. The zero-order valence-corrected chi connectivity index (χ0v) is 35.0. The van der Waals surface area contributed by atoms with Crippen molar-refractivity contribution in [2.24, 2.45) is 4.74 Å². The predicted octanol–water partition coefficient (Wildman–Crippen LogP) is 3.69. The SMILES string of the molecule is CN=P.O=CO[O-].Oc1cc(O)c(-c2ccccc2F)cc1-c1ccccc1F.[H-].[K+].[K+].c1ccc2c(c1)oc1cc3oc4ccccc4c3cc12. The van der Waals surface area contributed by atoms with Gasteiger partial charge >= 0.3 is 103 Å². The maximum atomic E-state index is 13.9. The molecule has 2 heterocycles. The Balaban J connectivity index is 0.000000292. The number of hydrogen-bond donors (Lipinski definition) is 2. The van der Waals surface area contributed by atoms with Crippen molar-refractivity contribution in [3.63, 3.8) is 0 Å². The molecule has 248 valence electrons. The summed E-state index contributed by atoms with van der Waals surface area (Å²) in [4.78, 5) is 11.2. The molecule has 8 nitrogen and oxygen atoms in total. The first-order valence-corrected chi connectivity index (χ1v) is 15.0. The predicted molar refractivity (Wildman–Crippen MR) is 186 cm³/mol. The zero-order valence-electron chi connectivity index (χ0n) is 28.8. The van der Waals surface area contributed by atoms with Gasteiger partial charge in [-0.15, -0.1) is 0 Å². The van der Waals surface area contributed by atoms with E-state index in [0.717, 1.165) is 49.9 Å². The summed E-state index contributed by atoms with van der Waals surface area (Å²) in [5, 5.41) is 33.0. The Hall–Kier alpha value is -2.82. The molecule has 0 aliphatic heterocycles. The Morgan fingerprint density at radius 2 is 1.00 bits per heavy atom. The molecule has 0 amide bonds. The largest absolute Gasteiger partial charge is 1.00 e. The van der Waals surface area contributed by atoms with E-state index < -0.39 is 11.6 Å². The molecule has 8 rings (SSSR count). The summed E-state index contributed by atoms with van der Waals surface area (Å²) in [6.07, 6.45) is 0. The Morgan fingerprint density at radius 1 is 0.627 bits per heavy atom. The van der Waals surface area contributed by atoms with Gasteiger partial charge in [0.2, 0.25) is 0 Å². The number of halogens is 2. The van der Waals surface area contributed by atoms with Gasteiger partial charge in [-0.3, -0.25) is 9.54 Å². The minimum atomic E-state index is -0.511. The second-order valence-corrected chi connectivity index (χ2v) is 10.8. The first-order valence-electron chi connectivity index (χ1n) is 14.6. The fourth-order valence-corrected chi connectivity index (χ4v) is 5.31. The van der Waals surface area contributed by atoms with Gasteiger partial charge in [-0.1, -0.05) is 72.8 Å². The molecule has 0 unspecified atom stereocenters. The number of fused-ring (bicyclic) bond motifs is 6. The molecule has 2 aromatic heterocycles. The summed E-state index contributed by atoms with van der Waals surface area (Å²) < 4.78 is 42.9. The van der Waals surface area contributed by atoms with Crippen molar-refractivity contribution in [1.29, 1.82) is 0 Å². The van der Waals surface area contributed by atoms with Crippen LogP contribution in [0.2, 0.25) is 0 Å². The fourth-order valence-electron chi connectivity index (χ4n) is 5.31. The molecule has 0 aliphatic rings. The number of furan rings is 2. The van der Waals surface area contributed by atoms with E-state index >= 15 is 0 Å². The molecule has 0 saturated carbocycles. The number of hydrogen-bond acceptors (Lipinski definition) is 8. The van der Waals surface area contributed by atoms with Crippen molar-refractivity contribution in [1.82, 2.24) is 0 Å². The van der Waals surface area contributed by atoms with Crippen LogP contribution in [0.15, 0.2) is 135 Å². The number of carbonyl (C=O) groups excluding carboxylic acids is 1. The first-order chi connectivity index (χ1) is 23.8. The molecule has 51 heavy (non-hydrogen) atoms. The number of benzene rings is 6. The molecule has 0 radical (unpaired) electrons. The molecule has 0 spiro atoms. The van der Waals surface area contributed by atoms with Gasteiger partial charge in [-0.05, 0) is 45.4 Å². The van der Waals surface area contributed by atoms with Crippen LogP contribution in [0.1, 0.15) is 1.43 Å². The Bertz CT molecular complexity index is 2270. The fraction of sp³-hybridized carbons (Fsp3) is 0.0263. The van der Waals surface area contributed by atoms with Crippen LogP contribution in [0.25, 0.3) is 66.1 Å². The van der Waals surface area contributed by atoms with Crippen molar-refractivity contribution >= 4 is 59.4 Å². The summed E-state index contributed by atoms with van der Waals surface area (Å²) >= 11 is 0. The summed E-state index contributed by atoms with van der Waals surface area (Å²) in [6, 6.07) is 34.7. The minimum Gasteiger partial charge on any atom is -1.00 e. The second kappa shape index (κ2) is 20.4. The molecular formula is C38H28F2K2NO7P. The minimum absolute atomic E-state index is 0. The van der Waals surface area contributed by atoms with Crippen LogP contribution < -0.4 is 108 Å².